The van der Waals surface area contributed by atoms with E-state index in [0.717, 1.165) is 4.90 Å². The molecule has 2 amide bonds. The maximum atomic E-state index is 12.7. The summed E-state index contributed by atoms with van der Waals surface area (Å²) in [5.41, 5.74) is 0. The fourth-order valence-corrected chi connectivity index (χ4v) is 2.35. The van der Waals surface area contributed by atoms with Gasteiger partial charge in [0.05, 0.1) is 11.8 Å². The highest BCUT2D eigenvalue weighted by Gasteiger charge is 2.42. The standard InChI is InChI=1S/C13H21F3N2O3/c1-8(2)10(11(19)20)6-17-12(21)18-5-3-4-9(7-18)13(14,15)16/h8-10H,3-7H2,1-2H3,(H,17,21)(H,19,20). The van der Waals surface area contributed by atoms with Crippen LogP contribution in [0.5, 0.6) is 0 Å². The molecule has 1 aliphatic rings. The Morgan fingerprint density at radius 3 is 2.48 bits per heavy atom. The minimum Gasteiger partial charge on any atom is -0.481 e. The number of hydrogen-bond acceptors (Lipinski definition) is 2. The Morgan fingerprint density at radius 1 is 1.38 bits per heavy atom. The van der Waals surface area contributed by atoms with E-state index >= 15 is 0 Å². The third kappa shape index (κ3) is 5.09. The van der Waals surface area contributed by atoms with Crippen molar-refractivity contribution < 1.29 is 27.9 Å². The molecule has 2 unspecified atom stereocenters. The zero-order valence-corrected chi connectivity index (χ0v) is 12.1. The minimum atomic E-state index is -4.31. The van der Waals surface area contributed by atoms with E-state index in [2.05, 4.69) is 5.32 Å². The van der Waals surface area contributed by atoms with Gasteiger partial charge in [-0.05, 0) is 18.8 Å². The molecular weight excluding hydrogens is 289 g/mol. The van der Waals surface area contributed by atoms with Gasteiger partial charge in [-0.15, -0.1) is 0 Å². The number of likely N-dealkylation sites (tertiary alicyclic amines) is 1. The molecule has 0 saturated carbocycles. The normalized spacial score (nSPS) is 21.2. The zero-order valence-electron chi connectivity index (χ0n) is 12.1. The summed E-state index contributed by atoms with van der Waals surface area (Å²) in [5.74, 6) is -3.46. The molecule has 1 saturated heterocycles. The van der Waals surface area contributed by atoms with Gasteiger partial charge >= 0.3 is 18.2 Å². The average Bonchev–Trinajstić information content (AvgIpc) is 2.37. The van der Waals surface area contributed by atoms with Crippen molar-refractivity contribution in [3.8, 4) is 0 Å². The second kappa shape index (κ2) is 7.00. The van der Waals surface area contributed by atoms with Crippen LogP contribution in [0.4, 0.5) is 18.0 Å². The number of halogens is 3. The molecule has 1 heterocycles. The molecule has 2 atom stereocenters. The highest BCUT2D eigenvalue weighted by molar-refractivity contribution is 5.76. The number of aliphatic carboxylic acids is 1. The van der Waals surface area contributed by atoms with Gasteiger partial charge in [-0.1, -0.05) is 13.8 Å². The molecule has 5 nitrogen and oxygen atoms in total. The highest BCUT2D eigenvalue weighted by Crippen LogP contribution is 2.33. The zero-order chi connectivity index (χ0) is 16.2. The van der Waals surface area contributed by atoms with Crippen molar-refractivity contribution >= 4 is 12.0 Å². The Hall–Kier alpha value is -1.47. The van der Waals surface area contributed by atoms with Gasteiger partial charge in [0.2, 0.25) is 0 Å². The largest absolute Gasteiger partial charge is 0.481 e. The van der Waals surface area contributed by atoms with Crippen LogP contribution in [0.2, 0.25) is 0 Å². The molecule has 0 aromatic rings. The van der Waals surface area contributed by atoms with Crippen LogP contribution >= 0.6 is 0 Å². The Balaban J connectivity index is 2.53. The van der Waals surface area contributed by atoms with Gasteiger partial charge in [-0.2, -0.15) is 13.2 Å². The fraction of sp³-hybridized carbons (Fsp3) is 0.846. The van der Waals surface area contributed by atoms with E-state index in [4.69, 9.17) is 5.11 Å². The fourth-order valence-electron chi connectivity index (χ4n) is 2.35. The molecule has 0 aromatic heterocycles. The van der Waals surface area contributed by atoms with Crippen molar-refractivity contribution in [2.45, 2.75) is 32.9 Å². The Labute approximate surface area is 121 Å². The first-order valence-electron chi connectivity index (χ1n) is 6.95. The van der Waals surface area contributed by atoms with Crippen LogP contribution in [0.15, 0.2) is 0 Å². The van der Waals surface area contributed by atoms with Crippen molar-refractivity contribution in [1.82, 2.24) is 10.2 Å². The smallest absolute Gasteiger partial charge is 0.393 e. The van der Waals surface area contributed by atoms with E-state index in [0.29, 0.717) is 6.42 Å². The van der Waals surface area contributed by atoms with E-state index in [1.165, 1.54) is 0 Å². The first-order chi connectivity index (χ1) is 9.62. The van der Waals surface area contributed by atoms with E-state index in [1.807, 2.05) is 0 Å². The van der Waals surface area contributed by atoms with Gasteiger partial charge < -0.3 is 15.3 Å². The molecular formula is C13H21F3N2O3. The van der Waals surface area contributed by atoms with Gasteiger partial charge in [0.15, 0.2) is 0 Å². The number of carboxylic acid groups (broad SMARTS) is 1. The lowest BCUT2D eigenvalue weighted by Gasteiger charge is -2.34. The van der Waals surface area contributed by atoms with Crippen molar-refractivity contribution in [1.29, 1.82) is 0 Å². The Morgan fingerprint density at radius 2 is 2.00 bits per heavy atom. The summed E-state index contributed by atoms with van der Waals surface area (Å²) >= 11 is 0. The number of nitrogens with one attached hydrogen (secondary N) is 1. The first-order valence-corrected chi connectivity index (χ1v) is 6.95. The maximum absolute atomic E-state index is 12.7. The van der Waals surface area contributed by atoms with E-state index in [9.17, 15) is 22.8 Å². The lowest BCUT2D eigenvalue weighted by atomic mass is 9.96. The average molecular weight is 310 g/mol. The predicted octanol–water partition coefficient (Wildman–Crippen LogP) is 2.33. The van der Waals surface area contributed by atoms with Crippen molar-refractivity contribution in [3.63, 3.8) is 0 Å². The van der Waals surface area contributed by atoms with Crippen LogP contribution in [0, 0.1) is 17.8 Å². The minimum absolute atomic E-state index is 0.0248. The molecule has 1 rings (SSSR count). The highest BCUT2D eigenvalue weighted by atomic mass is 19.4. The molecule has 8 heteroatoms. The van der Waals surface area contributed by atoms with Crippen molar-refractivity contribution in [2.24, 2.45) is 17.8 Å². The second-order valence-corrected chi connectivity index (χ2v) is 5.70. The van der Waals surface area contributed by atoms with E-state index < -0.39 is 30.0 Å². The molecule has 21 heavy (non-hydrogen) atoms. The third-order valence-electron chi connectivity index (χ3n) is 3.77. The van der Waals surface area contributed by atoms with Crippen LogP contribution in [-0.2, 0) is 4.79 Å². The number of nitrogens with zero attached hydrogens (tertiary/aromatic N) is 1. The molecule has 0 aromatic carbocycles. The van der Waals surface area contributed by atoms with Crippen LogP contribution < -0.4 is 5.32 Å². The monoisotopic (exact) mass is 310 g/mol. The number of hydrogen-bond donors (Lipinski definition) is 2. The summed E-state index contributed by atoms with van der Waals surface area (Å²) in [6.07, 6.45) is -3.98. The summed E-state index contributed by atoms with van der Waals surface area (Å²) < 4.78 is 38.0. The van der Waals surface area contributed by atoms with Crippen molar-refractivity contribution in [2.75, 3.05) is 19.6 Å². The number of urea groups is 1. The molecule has 1 fully saturated rings. The molecule has 1 aliphatic heterocycles. The van der Waals surface area contributed by atoms with E-state index in [-0.39, 0.29) is 32.0 Å². The number of carboxylic acids is 1. The van der Waals surface area contributed by atoms with Crippen LogP contribution in [-0.4, -0.2) is 47.8 Å². The number of amides is 2. The van der Waals surface area contributed by atoms with Crippen LogP contribution in [0.3, 0.4) is 0 Å². The lowest BCUT2D eigenvalue weighted by Crippen LogP contribution is -2.50. The molecule has 0 aliphatic carbocycles. The summed E-state index contributed by atoms with van der Waals surface area (Å²) in [4.78, 5) is 24.0. The number of piperidine rings is 1. The molecule has 122 valence electrons. The topological polar surface area (TPSA) is 69.6 Å². The number of carbonyl (C=O) groups excluding carboxylic acids is 1. The van der Waals surface area contributed by atoms with Gasteiger partial charge in [0, 0.05) is 19.6 Å². The summed E-state index contributed by atoms with van der Waals surface area (Å²) in [5, 5.41) is 11.4. The first kappa shape index (κ1) is 17.6. The quantitative estimate of drug-likeness (QED) is 0.837. The second-order valence-electron chi connectivity index (χ2n) is 5.70. The van der Waals surface area contributed by atoms with Crippen LogP contribution in [0.25, 0.3) is 0 Å². The molecule has 0 spiro atoms. The summed E-state index contributed by atoms with van der Waals surface area (Å²) in [7, 11) is 0. The van der Waals surface area contributed by atoms with Crippen LogP contribution in [0.1, 0.15) is 26.7 Å². The molecule has 0 radical (unpaired) electrons. The number of carbonyl (C=O) groups is 2. The maximum Gasteiger partial charge on any atom is 0.393 e. The molecule has 0 bridgehead atoms. The van der Waals surface area contributed by atoms with Gasteiger partial charge in [0.25, 0.3) is 0 Å². The third-order valence-corrected chi connectivity index (χ3v) is 3.77. The molecule has 2 N–H and O–H groups in total. The number of rotatable bonds is 4. The summed E-state index contributed by atoms with van der Waals surface area (Å²) in [6.45, 7) is 3.24. The van der Waals surface area contributed by atoms with Crippen molar-refractivity contribution in [3.05, 3.63) is 0 Å². The number of alkyl halides is 3. The predicted molar refractivity (Wildman–Crippen MR) is 69.7 cm³/mol. The van der Waals surface area contributed by atoms with Gasteiger partial charge in [-0.25, -0.2) is 4.79 Å². The summed E-state index contributed by atoms with van der Waals surface area (Å²) in [6, 6.07) is -0.629. The van der Waals surface area contributed by atoms with Gasteiger partial charge in [-0.3, -0.25) is 4.79 Å². The Kier molecular flexibility index (Phi) is 5.86. The lowest BCUT2D eigenvalue weighted by molar-refractivity contribution is -0.184. The van der Waals surface area contributed by atoms with Gasteiger partial charge in [0.1, 0.15) is 0 Å². The SMILES string of the molecule is CC(C)C(CNC(=O)N1CCCC(C(F)(F)F)C1)C(=O)O. The Bertz CT molecular complexity index is 385. The van der Waals surface area contributed by atoms with E-state index in [1.54, 1.807) is 13.8 Å².